The maximum absolute atomic E-state index is 12.4. The molecule has 0 radical (unpaired) electrons. The molecule has 0 aliphatic heterocycles. The first kappa shape index (κ1) is 19.1. The van der Waals surface area contributed by atoms with Gasteiger partial charge < -0.3 is 16.0 Å². The van der Waals surface area contributed by atoms with E-state index in [0.29, 0.717) is 23.6 Å². The molecule has 0 saturated heterocycles. The van der Waals surface area contributed by atoms with Crippen LogP contribution in [0, 0.1) is 6.92 Å². The highest BCUT2D eigenvalue weighted by Gasteiger charge is 2.11. The summed E-state index contributed by atoms with van der Waals surface area (Å²) in [5.74, 6) is 0.479. The third-order valence-electron chi connectivity index (χ3n) is 4.11. The number of aryl methyl sites for hydroxylation is 1. The van der Waals surface area contributed by atoms with Gasteiger partial charge in [-0.15, -0.1) is 0 Å². The third-order valence-corrected chi connectivity index (χ3v) is 4.11. The van der Waals surface area contributed by atoms with Crippen LogP contribution in [-0.2, 0) is 6.54 Å². The molecule has 0 bridgehead atoms. The largest absolute Gasteiger partial charge is 0.352 e. The second kappa shape index (κ2) is 8.81. The molecule has 3 rings (SSSR count). The Balaban J connectivity index is 1.67. The van der Waals surface area contributed by atoms with Crippen molar-refractivity contribution in [3.63, 3.8) is 0 Å². The van der Waals surface area contributed by atoms with Gasteiger partial charge in [-0.25, -0.2) is 14.5 Å². The number of urea groups is 1. The van der Waals surface area contributed by atoms with Crippen LogP contribution in [0.4, 0.5) is 10.5 Å². The third kappa shape index (κ3) is 4.53. The number of benzene rings is 1. The molecule has 1 aromatic carbocycles. The Morgan fingerprint density at radius 2 is 1.96 bits per heavy atom. The Hall–Kier alpha value is -3.68. The summed E-state index contributed by atoms with van der Waals surface area (Å²) >= 11 is 0. The number of hydrogen-bond donors (Lipinski definition) is 3. The standard InChI is InChI=1S/C20H22N6O2/c1-3-21-19(27)15-8-7-14(2)17(12-15)25-20(28)23-13-16-6-4-9-22-18(16)26-11-5-10-24-26/h4-12H,3,13H2,1-2H3,(H,21,27)(H2,23,25,28). The molecule has 8 nitrogen and oxygen atoms in total. The van der Waals surface area contributed by atoms with Crippen LogP contribution < -0.4 is 16.0 Å². The van der Waals surface area contributed by atoms with Gasteiger partial charge in [-0.1, -0.05) is 12.1 Å². The van der Waals surface area contributed by atoms with Gasteiger partial charge in [-0.05, 0) is 43.7 Å². The number of aromatic nitrogens is 3. The number of carbonyl (C=O) groups excluding carboxylic acids is 2. The van der Waals surface area contributed by atoms with Crippen molar-refractivity contribution in [2.45, 2.75) is 20.4 Å². The highest BCUT2D eigenvalue weighted by Crippen LogP contribution is 2.17. The van der Waals surface area contributed by atoms with Gasteiger partial charge in [0.25, 0.3) is 5.91 Å². The van der Waals surface area contributed by atoms with E-state index in [4.69, 9.17) is 0 Å². The minimum Gasteiger partial charge on any atom is -0.352 e. The molecule has 3 aromatic rings. The molecule has 0 atom stereocenters. The molecule has 28 heavy (non-hydrogen) atoms. The fraction of sp³-hybridized carbons (Fsp3) is 0.200. The van der Waals surface area contributed by atoms with Gasteiger partial charge in [0, 0.05) is 48.5 Å². The monoisotopic (exact) mass is 378 g/mol. The van der Waals surface area contributed by atoms with E-state index >= 15 is 0 Å². The Labute approximate surface area is 163 Å². The van der Waals surface area contributed by atoms with E-state index in [1.165, 1.54) is 0 Å². The predicted octanol–water partition coefficient (Wildman–Crippen LogP) is 2.65. The minimum absolute atomic E-state index is 0.176. The molecule has 2 heterocycles. The fourth-order valence-electron chi connectivity index (χ4n) is 2.67. The average Bonchev–Trinajstić information content (AvgIpc) is 3.23. The summed E-state index contributed by atoms with van der Waals surface area (Å²) in [5.41, 5.74) is 2.77. The van der Waals surface area contributed by atoms with E-state index in [-0.39, 0.29) is 18.5 Å². The van der Waals surface area contributed by atoms with E-state index < -0.39 is 0 Å². The summed E-state index contributed by atoms with van der Waals surface area (Å²) in [6.07, 6.45) is 5.14. The van der Waals surface area contributed by atoms with Crippen LogP contribution in [0.1, 0.15) is 28.4 Å². The number of amides is 3. The molecular formula is C20H22N6O2. The molecule has 0 fully saturated rings. The molecule has 0 aliphatic carbocycles. The fourth-order valence-corrected chi connectivity index (χ4v) is 2.67. The predicted molar refractivity (Wildman–Crippen MR) is 106 cm³/mol. The van der Waals surface area contributed by atoms with Crippen LogP contribution in [0.15, 0.2) is 55.0 Å². The number of carbonyl (C=O) groups is 2. The van der Waals surface area contributed by atoms with E-state index in [9.17, 15) is 9.59 Å². The van der Waals surface area contributed by atoms with Gasteiger partial charge >= 0.3 is 6.03 Å². The van der Waals surface area contributed by atoms with Crippen molar-refractivity contribution in [3.05, 3.63) is 71.7 Å². The Kier molecular flexibility index (Phi) is 6.01. The van der Waals surface area contributed by atoms with Crippen molar-refractivity contribution >= 4 is 17.6 Å². The van der Waals surface area contributed by atoms with Crippen LogP contribution in [0.2, 0.25) is 0 Å². The number of pyridine rings is 1. The maximum Gasteiger partial charge on any atom is 0.319 e. The molecule has 0 unspecified atom stereocenters. The highest BCUT2D eigenvalue weighted by molar-refractivity contribution is 5.97. The molecule has 8 heteroatoms. The molecule has 144 valence electrons. The summed E-state index contributed by atoms with van der Waals surface area (Å²) in [6, 6.07) is 10.3. The maximum atomic E-state index is 12.4. The molecule has 3 N–H and O–H groups in total. The van der Waals surface area contributed by atoms with Crippen molar-refractivity contribution in [2.24, 2.45) is 0 Å². The zero-order valence-electron chi connectivity index (χ0n) is 15.8. The van der Waals surface area contributed by atoms with E-state index in [1.54, 1.807) is 41.5 Å². The lowest BCUT2D eigenvalue weighted by molar-refractivity contribution is 0.0956. The molecule has 2 aromatic heterocycles. The quantitative estimate of drug-likeness (QED) is 0.614. The second-order valence-corrected chi connectivity index (χ2v) is 6.13. The molecule has 0 saturated carbocycles. The first-order valence-electron chi connectivity index (χ1n) is 8.96. The first-order chi connectivity index (χ1) is 13.6. The van der Waals surface area contributed by atoms with Crippen LogP contribution in [0.25, 0.3) is 5.82 Å². The Morgan fingerprint density at radius 1 is 1.11 bits per heavy atom. The van der Waals surface area contributed by atoms with Crippen LogP contribution in [-0.4, -0.2) is 33.2 Å². The number of rotatable bonds is 6. The normalized spacial score (nSPS) is 10.4. The summed E-state index contributed by atoms with van der Waals surface area (Å²) < 4.78 is 1.65. The average molecular weight is 378 g/mol. The molecule has 3 amide bonds. The summed E-state index contributed by atoms with van der Waals surface area (Å²) in [5, 5.41) is 12.5. The van der Waals surface area contributed by atoms with Crippen molar-refractivity contribution in [3.8, 4) is 5.82 Å². The highest BCUT2D eigenvalue weighted by atomic mass is 16.2. The van der Waals surface area contributed by atoms with Crippen LogP contribution in [0.5, 0.6) is 0 Å². The lowest BCUT2D eigenvalue weighted by atomic mass is 10.1. The lowest BCUT2D eigenvalue weighted by Gasteiger charge is -2.13. The first-order valence-corrected chi connectivity index (χ1v) is 8.96. The minimum atomic E-state index is -0.369. The number of hydrogen-bond acceptors (Lipinski definition) is 4. The van der Waals surface area contributed by atoms with Gasteiger partial charge in [0.2, 0.25) is 0 Å². The van der Waals surface area contributed by atoms with Crippen molar-refractivity contribution in [1.82, 2.24) is 25.4 Å². The lowest BCUT2D eigenvalue weighted by Crippen LogP contribution is -2.29. The van der Waals surface area contributed by atoms with Gasteiger partial charge in [0.05, 0.1) is 0 Å². The van der Waals surface area contributed by atoms with E-state index in [1.807, 2.05) is 32.0 Å². The Morgan fingerprint density at radius 3 is 2.71 bits per heavy atom. The van der Waals surface area contributed by atoms with Gasteiger partial charge in [0.15, 0.2) is 5.82 Å². The number of anilines is 1. The summed E-state index contributed by atoms with van der Waals surface area (Å²) in [6.45, 7) is 4.55. The zero-order valence-corrected chi connectivity index (χ0v) is 15.8. The van der Waals surface area contributed by atoms with Crippen molar-refractivity contribution in [1.29, 1.82) is 0 Å². The van der Waals surface area contributed by atoms with E-state index in [0.717, 1.165) is 11.1 Å². The molecule has 0 aliphatic rings. The SMILES string of the molecule is CCNC(=O)c1ccc(C)c(NC(=O)NCc2cccnc2-n2cccn2)c1. The van der Waals surface area contributed by atoms with Crippen LogP contribution >= 0.6 is 0 Å². The van der Waals surface area contributed by atoms with Gasteiger partial charge in [-0.3, -0.25) is 4.79 Å². The van der Waals surface area contributed by atoms with Gasteiger partial charge in [-0.2, -0.15) is 5.10 Å². The summed E-state index contributed by atoms with van der Waals surface area (Å²) in [4.78, 5) is 28.7. The Bertz CT molecular complexity index is 969. The number of nitrogens with zero attached hydrogens (tertiary/aromatic N) is 3. The second-order valence-electron chi connectivity index (χ2n) is 6.13. The van der Waals surface area contributed by atoms with Crippen molar-refractivity contribution < 1.29 is 9.59 Å². The zero-order chi connectivity index (χ0) is 19.9. The van der Waals surface area contributed by atoms with Crippen LogP contribution in [0.3, 0.4) is 0 Å². The smallest absolute Gasteiger partial charge is 0.319 e. The number of nitrogens with one attached hydrogen (secondary N) is 3. The molecular weight excluding hydrogens is 356 g/mol. The molecule has 0 spiro atoms. The van der Waals surface area contributed by atoms with Crippen molar-refractivity contribution in [2.75, 3.05) is 11.9 Å². The van der Waals surface area contributed by atoms with E-state index in [2.05, 4.69) is 26.0 Å². The summed E-state index contributed by atoms with van der Waals surface area (Å²) in [7, 11) is 0. The van der Waals surface area contributed by atoms with Gasteiger partial charge in [0.1, 0.15) is 0 Å². The topological polar surface area (TPSA) is 101 Å².